The van der Waals surface area contributed by atoms with Gasteiger partial charge in [0.1, 0.15) is 10.7 Å². The van der Waals surface area contributed by atoms with Crippen molar-refractivity contribution in [3.05, 3.63) is 83.9 Å². The number of aryl methyl sites for hydroxylation is 1. The van der Waals surface area contributed by atoms with Crippen LogP contribution in [-0.4, -0.2) is 41.7 Å². The van der Waals surface area contributed by atoms with E-state index in [1.807, 2.05) is 31.2 Å². The molecule has 1 fully saturated rings. The lowest BCUT2D eigenvalue weighted by molar-refractivity contribution is -0.123. The van der Waals surface area contributed by atoms with Crippen LogP contribution in [-0.2, 0) is 21.4 Å². The van der Waals surface area contributed by atoms with Crippen molar-refractivity contribution in [2.45, 2.75) is 31.2 Å². The minimum absolute atomic E-state index is 0.0995. The van der Waals surface area contributed by atoms with Crippen molar-refractivity contribution in [1.29, 1.82) is 0 Å². The highest BCUT2D eigenvalue weighted by Gasteiger charge is 2.36. The lowest BCUT2D eigenvalue weighted by Crippen LogP contribution is -2.44. The molecule has 0 unspecified atom stereocenters. The van der Waals surface area contributed by atoms with Crippen LogP contribution in [0.25, 0.3) is 10.2 Å². The van der Waals surface area contributed by atoms with Crippen LogP contribution >= 0.6 is 11.3 Å². The van der Waals surface area contributed by atoms with E-state index in [0.29, 0.717) is 24.5 Å². The maximum Gasteiger partial charge on any atom is 0.245 e. The Morgan fingerprint density at radius 2 is 1.92 bits per heavy atom. The first-order chi connectivity index (χ1) is 17.3. The van der Waals surface area contributed by atoms with Crippen molar-refractivity contribution in [1.82, 2.24) is 14.3 Å². The van der Waals surface area contributed by atoms with Crippen LogP contribution in [0.5, 0.6) is 0 Å². The summed E-state index contributed by atoms with van der Waals surface area (Å²) >= 11 is 1.46. The van der Waals surface area contributed by atoms with E-state index in [1.54, 1.807) is 17.3 Å². The number of aromatic nitrogens is 2. The molecule has 0 N–H and O–H groups in total. The van der Waals surface area contributed by atoms with Gasteiger partial charge in [-0.25, -0.2) is 17.8 Å². The number of amides is 1. The fraction of sp³-hybridized carbons (Fsp3) is 0.269. The van der Waals surface area contributed by atoms with E-state index in [0.717, 1.165) is 27.4 Å². The molecule has 3 heterocycles. The SMILES string of the molecule is Cc1ccc2nc(N(Cc3cccnc3)C(=O)C3CCN(S(=O)(=O)c4ccccc4F)CC3)sc2c1. The largest absolute Gasteiger partial charge is 0.283 e. The number of carbonyl (C=O) groups excluding carboxylic acids is 1. The quantitative estimate of drug-likeness (QED) is 0.363. The Kier molecular flexibility index (Phi) is 6.83. The van der Waals surface area contributed by atoms with Crippen LogP contribution in [0.4, 0.5) is 9.52 Å². The summed E-state index contributed by atoms with van der Waals surface area (Å²) in [5, 5.41) is 0.603. The summed E-state index contributed by atoms with van der Waals surface area (Å²) in [4.78, 5) is 24.0. The number of anilines is 1. The van der Waals surface area contributed by atoms with Gasteiger partial charge < -0.3 is 0 Å². The third-order valence-electron chi connectivity index (χ3n) is 6.35. The second-order valence-electron chi connectivity index (χ2n) is 8.86. The minimum atomic E-state index is -3.97. The Labute approximate surface area is 213 Å². The molecule has 2 aromatic heterocycles. The molecule has 0 bridgehead atoms. The fourth-order valence-corrected chi connectivity index (χ4v) is 7.01. The topological polar surface area (TPSA) is 83.5 Å². The van der Waals surface area contributed by atoms with Gasteiger partial charge in [-0.2, -0.15) is 4.31 Å². The molecule has 0 radical (unpaired) electrons. The van der Waals surface area contributed by atoms with Crippen molar-refractivity contribution >= 4 is 42.6 Å². The van der Waals surface area contributed by atoms with E-state index in [-0.39, 0.29) is 29.8 Å². The zero-order chi connectivity index (χ0) is 25.3. The van der Waals surface area contributed by atoms with Crippen LogP contribution in [0.3, 0.4) is 0 Å². The molecule has 0 spiro atoms. The van der Waals surface area contributed by atoms with E-state index >= 15 is 0 Å². The molecular formula is C26H25FN4O3S2. The number of rotatable bonds is 6. The predicted molar refractivity (Wildman–Crippen MR) is 138 cm³/mol. The molecule has 5 rings (SSSR count). The van der Waals surface area contributed by atoms with Gasteiger partial charge in [-0.1, -0.05) is 35.6 Å². The summed E-state index contributed by atoms with van der Waals surface area (Å²) in [6.07, 6.45) is 4.10. The summed E-state index contributed by atoms with van der Waals surface area (Å²) in [6.45, 7) is 2.62. The van der Waals surface area contributed by atoms with E-state index in [9.17, 15) is 17.6 Å². The van der Waals surface area contributed by atoms with Crippen molar-refractivity contribution < 1.29 is 17.6 Å². The van der Waals surface area contributed by atoms with Gasteiger partial charge in [0.25, 0.3) is 0 Å². The third-order valence-corrected chi connectivity index (χ3v) is 9.32. The lowest BCUT2D eigenvalue weighted by atomic mass is 9.96. The van der Waals surface area contributed by atoms with Gasteiger partial charge in [-0.15, -0.1) is 0 Å². The van der Waals surface area contributed by atoms with Crippen LogP contribution in [0, 0.1) is 18.7 Å². The van der Waals surface area contributed by atoms with Gasteiger partial charge in [-0.3, -0.25) is 14.7 Å². The highest BCUT2D eigenvalue weighted by Crippen LogP contribution is 2.33. The number of nitrogens with zero attached hydrogens (tertiary/aromatic N) is 4. The minimum Gasteiger partial charge on any atom is -0.283 e. The number of halogens is 1. The van der Waals surface area contributed by atoms with Gasteiger partial charge >= 0.3 is 0 Å². The summed E-state index contributed by atoms with van der Waals surface area (Å²) in [5.41, 5.74) is 2.82. The molecular weight excluding hydrogens is 499 g/mol. The van der Waals surface area contributed by atoms with Crippen molar-refractivity contribution in [3.63, 3.8) is 0 Å². The number of fused-ring (bicyclic) bond motifs is 1. The summed E-state index contributed by atoms with van der Waals surface area (Å²) < 4.78 is 42.4. The third kappa shape index (κ3) is 4.88. The molecule has 0 saturated carbocycles. The number of hydrogen-bond donors (Lipinski definition) is 0. The van der Waals surface area contributed by atoms with E-state index in [2.05, 4.69) is 11.1 Å². The second kappa shape index (κ2) is 10.0. The van der Waals surface area contributed by atoms with Crippen LogP contribution in [0.2, 0.25) is 0 Å². The Bertz CT molecular complexity index is 1500. The Balaban J connectivity index is 1.38. The van der Waals surface area contributed by atoms with Gasteiger partial charge in [0.15, 0.2) is 5.13 Å². The highest BCUT2D eigenvalue weighted by atomic mass is 32.2. The predicted octanol–water partition coefficient (Wildman–Crippen LogP) is 4.77. The number of pyridine rings is 1. The standard InChI is InChI=1S/C26H25FN4O3S2/c1-18-8-9-22-23(15-18)35-26(29-22)31(17-19-5-4-12-28-16-19)25(32)20-10-13-30(14-11-20)36(33,34)24-7-3-2-6-21(24)27/h2-9,12,15-16,20H,10-11,13-14,17H2,1H3. The molecule has 10 heteroatoms. The molecule has 1 aliphatic rings. The average Bonchev–Trinajstić information content (AvgIpc) is 3.30. The molecule has 1 saturated heterocycles. The molecule has 1 aliphatic heterocycles. The number of thiazole rings is 1. The molecule has 0 aliphatic carbocycles. The maximum atomic E-state index is 14.2. The summed E-state index contributed by atoms with van der Waals surface area (Å²) in [7, 11) is -3.97. The summed E-state index contributed by atoms with van der Waals surface area (Å²) in [5.74, 6) is -1.25. The maximum absolute atomic E-state index is 14.2. The Morgan fingerprint density at radius 3 is 2.64 bits per heavy atom. The lowest BCUT2D eigenvalue weighted by Gasteiger charge is -2.33. The first-order valence-corrected chi connectivity index (χ1v) is 13.9. The van der Waals surface area contributed by atoms with Crippen LogP contribution in [0.15, 0.2) is 71.9 Å². The zero-order valence-corrected chi connectivity index (χ0v) is 21.3. The Hall–Kier alpha value is -3.21. The summed E-state index contributed by atoms with van der Waals surface area (Å²) in [6, 6.07) is 15.1. The van der Waals surface area contributed by atoms with Crippen LogP contribution < -0.4 is 4.90 Å². The molecule has 186 valence electrons. The van der Waals surface area contributed by atoms with E-state index in [4.69, 9.17) is 4.98 Å². The van der Waals surface area contributed by atoms with E-state index < -0.39 is 15.8 Å². The molecule has 2 aromatic carbocycles. The average molecular weight is 525 g/mol. The zero-order valence-electron chi connectivity index (χ0n) is 19.7. The van der Waals surface area contributed by atoms with Gasteiger partial charge in [0.05, 0.1) is 16.8 Å². The number of hydrogen-bond acceptors (Lipinski definition) is 6. The number of piperidine rings is 1. The van der Waals surface area contributed by atoms with Crippen molar-refractivity contribution in [3.8, 4) is 0 Å². The van der Waals surface area contributed by atoms with Crippen LogP contribution in [0.1, 0.15) is 24.0 Å². The normalized spacial score (nSPS) is 15.3. The fourth-order valence-electron chi connectivity index (χ4n) is 4.41. The second-order valence-corrected chi connectivity index (χ2v) is 11.8. The molecule has 36 heavy (non-hydrogen) atoms. The van der Waals surface area contributed by atoms with Gasteiger partial charge in [0, 0.05) is 31.4 Å². The van der Waals surface area contributed by atoms with E-state index in [1.165, 1.54) is 33.8 Å². The van der Waals surface area contributed by atoms with Gasteiger partial charge in [-0.05, 0) is 61.2 Å². The first kappa shape index (κ1) is 24.5. The molecule has 0 atom stereocenters. The smallest absolute Gasteiger partial charge is 0.245 e. The molecule has 4 aromatic rings. The number of sulfonamides is 1. The Morgan fingerprint density at radius 1 is 1.14 bits per heavy atom. The monoisotopic (exact) mass is 524 g/mol. The first-order valence-electron chi connectivity index (χ1n) is 11.6. The number of carbonyl (C=O) groups is 1. The molecule has 1 amide bonds. The molecule has 7 nitrogen and oxygen atoms in total. The van der Waals surface area contributed by atoms with Crippen molar-refractivity contribution in [2.24, 2.45) is 5.92 Å². The van der Waals surface area contributed by atoms with Gasteiger partial charge in [0.2, 0.25) is 15.9 Å². The highest BCUT2D eigenvalue weighted by molar-refractivity contribution is 7.89. The number of benzene rings is 2. The van der Waals surface area contributed by atoms with Crippen molar-refractivity contribution in [2.75, 3.05) is 18.0 Å².